The van der Waals surface area contributed by atoms with Crippen molar-refractivity contribution in [2.45, 2.75) is 6.42 Å². The standard InChI is InChI=1S/C17H11Cl2N3O2/c18-10-7-14(19)15-20-11(9-21(15)8-10)5-6-22-16(23)12-3-1-2-4-13(12)17(22)24/h1-4,7-9H,5-6H2. The molecule has 2 aromatic heterocycles. The maximum absolute atomic E-state index is 12.3. The minimum absolute atomic E-state index is 0.263. The van der Waals surface area contributed by atoms with Crippen molar-refractivity contribution in [3.63, 3.8) is 0 Å². The Labute approximate surface area is 147 Å². The van der Waals surface area contributed by atoms with E-state index in [1.165, 1.54) is 4.90 Å². The third kappa shape index (κ3) is 2.37. The smallest absolute Gasteiger partial charge is 0.261 e. The molecule has 0 radical (unpaired) electrons. The highest BCUT2D eigenvalue weighted by molar-refractivity contribution is 6.36. The molecule has 3 heterocycles. The van der Waals surface area contributed by atoms with Gasteiger partial charge >= 0.3 is 0 Å². The zero-order valence-corrected chi connectivity index (χ0v) is 13.9. The number of rotatable bonds is 3. The summed E-state index contributed by atoms with van der Waals surface area (Å²) < 4.78 is 1.74. The van der Waals surface area contributed by atoms with Gasteiger partial charge in [0.2, 0.25) is 0 Å². The lowest BCUT2D eigenvalue weighted by atomic mass is 10.1. The van der Waals surface area contributed by atoms with Crippen LogP contribution in [0.1, 0.15) is 26.4 Å². The summed E-state index contributed by atoms with van der Waals surface area (Å²) in [7, 11) is 0. The third-order valence-electron chi connectivity index (χ3n) is 3.99. The van der Waals surface area contributed by atoms with Gasteiger partial charge < -0.3 is 4.40 Å². The fourth-order valence-corrected chi connectivity index (χ4v) is 3.39. The third-order valence-corrected chi connectivity index (χ3v) is 4.48. The molecule has 1 aromatic carbocycles. The minimum Gasteiger partial charge on any atom is -0.304 e. The highest BCUT2D eigenvalue weighted by atomic mass is 35.5. The second kappa shape index (κ2) is 5.61. The van der Waals surface area contributed by atoms with E-state index in [0.717, 1.165) is 5.69 Å². The molecular weight excluding hydrogens is 349 g/mol. The van der Waals surface area contributed by atoms with Crippen molar-refractivity contribution in [1.29, 1.82) is 0 Å². The number of nitrogens with zero attached hydrogens (tertiary/aromatic N) is 3. The van der Waals surface area contributed by atoms with E-state index in [1.807, 2.05) is 0 Å². The van der Waals surface area contributed by atoms with Gasteiger partial charge in [0.25, 0.3) is 11.8 Å². The van der Waals surface area contributed by atoms with Crippen molar-refractivity contribution in [3.05, 3.63) is 69.6 Å². The molecular formula is C17H11Cl2N3O2. The van der Waals surface area contributed by atoms with Gasteiger partial charge in [-0.15, -0.1) is 0 Å². The molecule has 0 saturated carbocycles. The second-order valence-corrected chi connectivity index (χ2v) is 6.37. The van der Waals surface area contributed by atoms with Gasteiger partial charge in [-0.2, -0.15) is 0 Å². The van der Waals surface area contributed by atoms with E-state index in [1.54, 1.807) is 47.1 Å². The van der Waals surface area contributed by atoms with Crippen LogP contribution in [0.15, 0.2) is 42.7 Å². The molecule has 0 spiro atoms. The van der Waals surface area contributed by atoms with Gasteiger partial charge in [-0.1, -0.05) is 35.3 Å². The van der Waals surface area contributed by atoms with Crippen LogP contribution in [0, 0.1) is 0 Å². The molecule has 24 heavy (non-hydrogen) atoms. The Kier molecular flexibility index (Phi) is 3.55. The molecule has 0 aliphatic carbocycles. The first-order valence-corrected chi connectivity index (χ1v) is 8.08. The lowest BCUT2D eigenvalue weighted by Crippen LogP contribution is -2.31. The van der Waals surface area contributed by atoms with E-state index in [4.69, 9.17) is 23.2 Å². The van der Waals surface area contributed by atoms with Crippen molar-refractivity contribution < 1.29 is 9.59 Å². The molecule has 120 valence electrons. The first-order valence-electron chi connectivity index (χ1n) is 7.32. The molecule has 1 aliphatic rings. The first-order chi connectivity index (χ1) is 11.5. The summed E-state index contributed by atoms with van der Waals surface area (Å²) in [5.41, 5.74) is 2.23. The van der Waals surface area contributed by atoms with Crippen molar-refractivity contribution >= 4 is 40.7 Å². The Balaban J connectivity index is 1.57. The van der Waals surface area contributed by atoms with Gasteiger partial charge in [0.1, 0.15) is 0 Å². The maximum atomic E-state index is 12.3. The Bertz CT molecular complexity index is 962. The summed E-state index contributed by atoms with van der Waals surface area (Å²) in [5.74, 6) is -0.527. The Morgan fingerprint density at radius 3 is 2.33 bits per heavy atom. The number of imide groups is 1. The summed E-state index contributed by atoms with van der Waals surface area (Å²) >= 11 is 12.1. The summed E-state index contributed by atoms with van der Waals surface area (Å²) in [5, 5.41) is 0.964. The topological polar surface area (TPSA) is 54.7 Å². The van der Waals surface area contributed by atoms with E-state index in [0.29, 0.717) is 33.2 Å². The highest BCUT2D eigenvalue weighted by Crippen LogP contribution is 2.24. The number of carbonyl (C=O) groups is 2. The average molecular weight is 360 g/mol. The largest absolute Gasteiger partial charge is 0.304 e. The molecule has 0 N–H and O–H groups in total. The van der Waals surface area contributed by atoms with Crippen LogP contribution < -0.4 is 0 Å². The number of hydrogen-bond acceptors (Lipinski definition) is 3. The molecule has 0 bridgehead atoms. The number of amides is 2. The fourth-order valence-electron chi connectivity index (χ4n) is 2.86. The predicted molar refractivity (Wildman–Crippen MR) is 90.7 cm³/mol. The van der Waals surface area contributed by atoms with E-state index >= 15 is 0 Å². The van der Waals surface area contributed by atoms with Crippen LogP contribution in [0.2, 0.25) is 10.0 Å². The second-order valence-electron chi connectivity index (χ2n) is 5.53. The van der Waals surface area contributed by atoms with Crippen LogP contribution in [0.5, 0.6) is 0 Å². The lowest BCUT2D eigenvalue weighted by Gasteiger charge is -2.12. The minimum atomic E-state index is -0.263. The van der Waals surface area contributed by atoms with Gasteiger partial charge in [0, 0.05) is 25.4 Å². The monoisotopic (exact) mass is 359 g/mol. The summed E-state index contributed by atoms with van der Waals surface area (Å²) in [6.07, 6.45) is 3.95. The van der Waals surface area contributed by atoms with Gasteiger partial charge in [-0.05, 0) is 18.2 Å². The molecule has 3 aromatic rings. The van der Waals surface area contributed by atoms with Gasteiger partial charge in [-0.25, -0.2) is 4.98 Å². The first kappa shape index (κ1) is 15.2. The maximum Gasteiger partial charge on any atom is 0.261 e. The normalized spacial score (nSPS) is 13.8. The highest BCUT2D eigenvalue weighted by Gasteiger charge is 2.34. The number of benzene rings is 1. The van der Waals surface area contributed by atoms with Crippen LogP contribution in [0.25, 0.3) is 5.65 Å². The zero-order valence-electron chi connectivity index (χ0n) is 12.4. The molecule has 0 saturated heterocycles. The summed E-state index contributed by atoms with van der Waals surface area (Å²) in [6.45, 7) is 0.265. The van der Waals surface area contributed by atoms with Crippen molar-refractivity contribution in [3.8, 4) is 0 Å². The quantitative estimate of drug-likeness (QED) is 0.672. The van der Waals surface area contributed by atoms with Crippen molar-refractivity contribution in [1.82, 2.24) is 14.3 Å². The van der Waals surface area contributed by atoms with Crippen molar-refractivity contribution in [2.75, 3.05) is 6.54 Å². The molecule has 7 heteroatoms. The Morgan fingerprint density at radius 2 is 1.67 bits per heavy atom. The van der Waals surface area contributed by atoms with Crippen LogP contribution in [0.4, 0.5) is 0 Å². The molecule has 5 nitrogen and oxygen atoms in total. The van der Waals surface area contributed by atoms with E-state index in [-0.39, 0.29) is 18.4 Å². The number of hydrogen-bond donors (Lipinski definition) is 0. The number of pyridine rings is 1. The number of carbonyl (C=O) groups excluding carboxylic acids is 2. The Hall–Kier alpha value is -2.37. The van der Waals surface area contributed by atoms with Crippen LogP contribution >= 0.6 is 23.2 Å². The SMILES string of the molecule is O=C1c2ccccc2C(=O)N1CCc1cn2cc(Cl)cc(Cl)c2n1. The van der Waals surface area contributed by atoms with Gasteiger partial charge in [0.05, 0.1) is 26.9 Å². The molecule has 2 amide bonds. The number of aromatic nitrogens is 2. The summed E-state index contributed by atoms with van der Waals surface area (Å²) in [4.78, 5) is 30.4. The number of fused-ring (bicyclic) bond motifs is 2. The van der Waals surface area contributed by atoms with Gasteiger partial charge in [-0.3, -0.25) is 14.5 Å². The van der Waals surface area contributed by atoms with Crippen LogP contribution in [0.3, 0.4) is 0 Å². The number of halogens is 2. The molecule has 4 rings (SSSR count). The summed E-state index contributed by atoms with van der Waals surface area (Å²) in [6, 6.07) is 8.46. The van der Waals surface area contributed by atoms with Crippen LogP contribution in [-0.4, -0.2) is 32.6 Å². The predicted octanol–water partition coefficient (Wildman–Crippen LogP) is 3.48. The van der Waals surface area contributed by atoms with E-state index < -0.39 is 0 Å². The average Bonchev–Trinajstić information content (AvgIpc) is 3.07. The van der Waals surface area contributed by atoms with Crippen molar-refractivity contribution in [2.24, 2.45) is 0 Å². The molecule has 0 atom stereocenters. The van der Waals surface area contributed by atoms with E-state index in [9.17, 15) is 9.59 Å². The number of imidazole rings is 1. The lowest BCUT2D eigenvalue weighted by molar-refractivity contribution is 0.0656. The Morgan fingerprint density at radius 1 is 1.00 bits per heavy atom. The fraction of sp³-hybridized carbons (Fsp3) is 0.118. The zero-order chi connectivity index (χ0) is 16.8. The van der Waals surface area contributed by atoms with E-state index in [2.05, 4.69) is 4.98 Å². The van der Waals surface area contributed by atoms with Gasteiger partial charge in [0.15, 0.2) is 5.65 Å². The molecule has 0 unspecified atom stereocenters. The van der Waals surface area contributed by atoms with Crippen LogP contribution in [-0.2, 0) is 6.42 Å². The molecule has 0 fully saturated rings. The molecule has 1 aliphatic heterocycles.